The fourth-order valence-corrected chi connectivity index (χ4v) is 3.36. The summed E-state index contributed by atoms with van der Waals surface area (Å²) in [5, 5.41) is 4.78. The molecule has 0 aliphatic carbocycles. The second-order valence-electron chi connectivity index (χ2n) is 5.41. The average Bonchev–Trinajstić information content (AvgIpc) is 2.52. The highest BCUT2D eigenvalue weighted by atomic mass is 35.5. The minimum absolute atomic E-state index is 0.0116. The highest BCUT2D eigenvalue weighted by Crippen LogP contribution is 2.41. The van der Waals surface area contributed by atoms with Crippen molar-refractivity contribution in [1.82, 2.24) is 5.32 Å². The number of hydrogen-bond donors (Lipinski definition) is 1. The molecule has 1 aromatic carbocycles. The van der Waals surface area contributed by atoms with Crippen LogP contribution in [0.15, 0.2) is 18.2 Å². The minimum atomic E-state index is -0.304. The van der Waals surface area contributed by atoms with Crippen LogP contribution in [0.1, 0.15) is 37.8 Å². The minimum Gasteiger partial charge on any atom is -0.381 e. The molecule has 5 heteroatoms. The Bertz CT molecular complexity index is 462. The lowest BCUT2D eigenvalue weighted by atomic mass is 9.82. The van der Waals surface area contributed by atoms with Gasteiger partial charge in [0.05, 0.1) is 21.7 Å². The summed E-state index contributed by atoms with van der Waals surface area (Å²) < 4.78 is 11.4. The fourth-order valence-electron chi connectivity index (χ4n) is 2.94. The van der Waals surface area contributed by atoms with E-state index in [9.17, 15) is 0 Å². The first kappa shape index (κ1) is 17.0. The quantitative estimate of drug-likeness (QED) is 0.846. The first-order valence-electron chi connectivity index (χ1n) is 7.45. The lowest BCUT2D eigenvalue weighted by Crippen LogP contribution is -2.49. The normalized spacial score (nSPS) is 19.4. The monoisotopic (exact) mass is 331 g/mol. The molecule has 1 atom stereocenters. The van der Waals surface area contributed by atoms with E-state index in [0.29, 0.717) is 23.3 Å². The molecule has 21 heavy (non-hydrogen) atoms. The maximum Gasteiger partial charge on any atom is 0.0916 e. The van der Waals surface area contributed by atoms with Crippen LogP contribution in [0.4, 0.5) is 0 Å². The topological polar surface area (TPSA) is 30.5 Å². The summed E-state index contributed by atoms with van der Waals surface area (Å²) in [7, 11) is 1.77. The maximum atomic E-state index is 6.45. The molecule has 0 radical (unpaired) electrons. The maximum absolute atomic E-state index is 6.45. The Balaban J connectivity index is 2.38. The van der Waals surface area contributed by atoms with Crippen LogP contribution in [-0.2, 0) is 9.47 Å². The molecule has 1 fully saturated rings. The van der Waals surface area contributed by atoms with Crippen LogP contribution in [0.25, 0.3) is 0 Å². The number of ether oxygens (including phenoxy) is 2. The highest BCUT2D eigenvalue weighted by molar-refractivity contribution is 6.42. The molecular formula is C16H23Cl2NO2. The standard InChI is InChI=1S/C16H23Cl2NO2/c1-3-9-19-15(12-5-4-6-13(17)14(12)18)16(20-2)7-10-21-11-8-16/h4-6,15,19H,3,7-11H2,1-2H3. The van der Waals surface area contributed by atoms with Gasteiger partial charge in [0.1, 0.15) is 0 Å². The van der Waals surface area contributed by atoms with Crippen molar-refractivity contribution in [2.24, 2.45) is 0 Å². The summed E-state index contributed by atoms with van der Waals surface area (Å²) in [5.41, 5.74) is 0.697. The molecular weight excluding hydrogens is 309 g/mol. The van der Waals surface area contributed by atoms with Gasteiger partial charge in [-0.05, 0) is 24.6 Å². The molecule has 0 aromatic heterocycles. The van der Waals surface area contributed by atoms with E-state index in [0.717, 1.165) is 31.4 Å². The third-order valence-corrected chi connectivity index (χ3v) is 5.00. The van der Waals surface area contributed by atoms with Gasteiger partial charge in [0, 0.05) is 33.2 Å². The van der Waals surface area contributed by atoms with Crippen molar-refractivity contribution in [1.29, 1.82) is 0 Å². The zero-order valence-corrected chi connectivity index (χ0v) is 14.1. The van der Waals surface area contributed by atoms with Gasteiger partial charge in [0.25, 0.3) is 0 Å². The van der Waals surface area contributed by atoms with Crippen molar-refractivity contribution < 1.29 is 9.47 Å². The Morgan fingerprint density at radius 2 is 2.05 bits per heavy atom. The Kier molecular flexibility index (Phi) is 6.33. The van der Waals surface area contributed by atoms with Crippen molar-refractivity contribution >= 4 is 23.2 Å². The number of benzene rings is 1. The molecule has 118 valence electrons. The molecule has 1 aliphatic heterocycles. The van der Waals surface area contributed by atoms with Gasteiger partial charge >= 0.3 is 0 Å². The summed E-state index contributed by atoms with van der Waals surface area (Å²) in [6.45, 7) is 4.46. The van der Waals surface area contributed by atoms with Gasteiger partial charge in [-0.3, -0.25) is 0 Å². The number of halogens is 2. The predicted molar refractivity (Wildman–Crippen MR) is 87.3 cm³/mol. The van der Waals surface area contributed by atoms with Gasteiger partial charge in [-0.25, -0.2) is 0 Å². The van der Waals surface area contributed by atoms with Gasteiger partial charge in [0.2, 0.25) is 0 Å². The van der Waals surface area contributed by atoms with Crippen LogP contribution < -0.4 is 5.32 Å². The van der Waals surface area contributed by atoms with Crippen molar-refractivity contribution in [3.63, 3.8) is 0 Å². The second kappa shape index (κ2) is 7.80. The van der Waals surface area contributed by atoms with Gasteiger partial charge in [-0.15, -0.1) is 0 Å². The first-order valence-corrected chi connectivity index (χ1v) is 8.20. The van der Waals surface area contributed by atoms with Gasteiger partial charge in [-0.1, -0.05) is 42.3 Å². The Labute approximate surface area is 136 Å². The predicted octanol–water partition coefficient (Wildman–Crippen LogP) is 4.23. The van der Waals surface area contributed by atoms with Crippen LogP contribution in [0.5, 0.6) is 0 Å². The molecule has 3 nitrogen and oxygen atoms in total. The summed E-state index contributed by atoms with van der Waals surface area (Å²) >= 11 is 12.6. The van der Waals surface area contributed by atoms with Crippen LogP contribution in [-0.4, -0.2) is 32.5 Å². The van der Waals surface area contributed by atoms with Crippen molar-refractivity contribution in [2.45, 2.75) is 37.8 Å². The van der Waals surface area contributed by atoms with E-state index in [2.05, 4.69) is 12.2 Å². The average molecular weight is 332 g/mol. The van der Waals surface area contributed by atoms with E-state index in [1.54, 1.807) is 7.11 Å². The number of rotatable bonds is 6. The van der Waals surface area contributed by atoms with E-state index in [4.69, 9.17) is 32.7 Å². The summed E-state index contributed by atoms with van der Waals surface area (Å²) in [4.78, 5) is 0. The second-order valence-corrected chi connectivity index (χ2v) is 6.20. The lowest BCUT2D eigenvalue weighted by Gasteiger charge is -2.43. The molecule has 1 N–H and O–H groups in total. The lowest BCUT2D eigenvalue weighted by molar-refractivity contribution is -0.111. The highest BCUT2D eigenvalue weighted by Gasteiger charge is 2.42. The van der Waals surface area contributed by atoms with E-state index < -0.39 is 0 Å². The van der Waals surface area contributed by atoms with E-state index >= 15 is 0 Å². The third-order valence-electron chi connectivity index (χ3n) is 4.16. The fraction of sp³-hybridized carbons (Fsp3) is 0.625. The Morgan fingerprint density at radius 1 is 1.33 bits per heavy atom. The van der Waals surface area contributed by atoms with E-state index in [-0.39, 0.29) is 11.6 Å². The third kappa shape index (κ3) is 3.72. The SMILES string of the molecule is CCCNC(c1cccc(Cl)c1Cl)C1(OC)CCOCC1. The van der Waals surface area contributed by atoms with Gasteiger partial charge < -0.3 is 14.8 Å². The van der Waals surface area contributed by atoms with Gasteiger partial charge in [-0.2, -0.15) is 0 Å². The molecule has 0 spiro atoms. The molecule has 1 aliphatic rings. The molecule has 0 amide bonds. The van der Waals surface area contributed by atoms with Crippen LogP contribution >= 0.6 is 23.2 Å². The van der Waals surface area contributed by atoms with Crippen LogP contribution in [0.3, 0.4) is 0 Å². The molecule has 2 rings (SSSR count). The molecule has 1 aromatic rings. The summed E-state index contributed by atoms with van der Waals surface area (Å²) in [5.74, 6) is 0. The largest absolute Gasteiger partial charge is 0.381 e. The number of nitrogens with one attached hydrogen (secondary N) is 1. The van der Waals surface area contributed by atoms with E-state index in [1.165, 1.54) is 0 Å². The molecule has 1 unspecified atom stereocenters. The zero-order valence-electron chi connectivity index (χ0n) is 12.6. The molecule has 1 heterocycles. The molecule has 0 bridgehead atoms. The van der Waals surface area contributed by atoms with Crippen LogP contribution in [0.2, 0.25) is 10.0 Å². The Hall–Kier alpha value is -0.320. The molecule has 0 saturated carbocycles. The summed E-state index contributed by atoms with van der Waals surface area (Å²) in [6, 6.07) is 5.79. The van der Waals surface area contributed by atoms with Crippen molar-refractivity contribution in [2.75, 3.05) is 26.9 Å². The van der Waals surface area contributed by atoms with Gasteiger partial charge in [0.15, 0.2) is 0 Å². The number of hydrogen-bond acceptors (Lipinski definition) is 3. The zero-order chi connectivity index (χ0) is 15.3. The summed E-state index contributed by atoms with van der Waals surface area (Å²) in [6.07, 6.45) is 2.73. The number of methoxy groups -OCH3 is 1. The van der Waals surface area contributed by atoms with Crippen LogP contribution in [0, 0.1) is 0 Å². The van der Waals surface area contributed by atoms with Crippen molar-refractivity contribution in [3.8, 4) is 0 Å². The Morgan fingerprint density at radius 3 is 2.67 bits per heavy atom. The van der Waals surface area contributed by atoms with Crippen molar-refractivity contribution in [3.05, 3.63) is 33.8 Å². The smallest absolute Gasteiger partial charge is 0.0916 e. The molecule has 1 saturated heterocycles. The van der Waals surface area contributed by atoms with E-state index in [1.807, 2.05) is 18.2 Å². The first-order chi connectivity index (χ1) is 10.1.